The second kappa shape index (κ2) is 8.91. The molecule has 2 aromatic rings. The number of amides is 2. The number of hydrogen-bond donors (Lipinski definition) is 1. The Bertz CT molecular complexity index is 864. The van der Waals surface area contributed by atoms with E-state index in [0.717, 1.165) is 12.1 Å². The Hall–Kier alpha value is -2.83. The van der Waals surface area contributed by atoms with Crippen LogP contribution in [0.25, 0.3) is 0 Å². The van der Waals surface area contributed by atoms with Crippen LogP contribution in [-0.4, -0.2) is 36.3 Å². The fourth-order valence-corrected chi connectivity index (χ4v) is 3.32. The maximum atomic E-state index is 13.6. The molecule has 3 rings (SSSR count). The lowest BCUT2D eigenvalue weighted by Gasteiger charge is -2.31. The Morgan fingerprint density at radius 1 is 0.964 bits per heavy atom. The lowest BCUT2D eigenvalue weighted by Crippen LogP contribution is -2.43. The minimum atomic E-state index is -1.06. The summed E-state index contributed by atoms with van der Waals surface area (Å²) >= 11 is 0. The highest BCUT2D eigenvalue weighted by Crippen LogP contribution is 2.20. The monoisotopic (exact) mass is 390 g/mol. The van der Waals surface area contributed by atoms with Crippen LogP contribution in [-0.2, 0) is 11.2 Å². The number of halogens is 3. The predicted molar refractivity (Wildman–Crippen MR) is 98.1 cm³/mol. The van der Waals surface area contributed by atoms with E-state index < -0.39 is 11.6 Å². The molecule has 7 heteroatoms. The Labute approximate surface area is 161 Å². The topological polar surface area (TPSA) is 49.4 Å². The fourth-order valence-electron chi connectivity index (χ4n) is 3.32. The molecule has 1 saturated heterocycles. The molecule has 28 heavy (non-hydrogen) atoms. The van der Waals surface area contributed by atoms with E-state index in [0.29, 0.717) is 44.5 Å². The maximum Gasteiger partial charge on any atom is 0.253 e. The molecule has 1 fully saturated rings. The van der Waals surface area contributed by atoms with E-state index in [1.807, 2.05) is 0 Å². The second-order valence-corrected chi connectivity index (χ2v) is 6.83. The molecule has 1 aliphatic rings. The lowest BCUT2D eigenvalue weighted by molar-refractivity contribution is -0.126. The Morgan fingerprint density at radius 3 is 2.36 bits per heavy atom. The zero-order valence-electron chi connectivity index (χ0n) is 15.3. The van der Waals surface area contributed by atoms with Crippen molar-refractivity contribution in [2.75, 3.05) is 19.6 Å². The van der Waals surface area contributed by atoms with Gasteiger partial charge in [-0.15, -0.1) is 0 Å². The average Bonchev–Trinajstić information content (AvgIpc) is 2.71. The van der Waals surface area contributed by atoms with Crippen molar-refractivity contribution in [1.82, 2.24) is 10.2 Å². The van der Waals surface area contributed by atoms with Crippen molar-refractivity contribution >= 4 is 11.8 Å². The zero-order chi connectivity index (χ0) is 20.1. The molecule has 0 bridgehead atoms. The van der Waals surface area contributed by atoms with Gasteiger partial charge in [0, 0.05) is 31.1 Å². The van der Waals surface area contributed by atoms with E-state index in [9.17, 15) is 22.8 Å². The summed E-state index contributed by atoms with van der Waals surface area (Å²) in [6.07, 6.45) is 1.38. The van der Waals surface area contributed by atoms with Crippen molar-refractivity contribution in [3.8, 4) is 0 Å². The zero-order valence-corrected chi connectivity index (χ0v) is 15.3. The van der Waals surface area contributed by atoms with Crippen LogP contribution in [0.1, 0.15) is 28.8 Å². The summed E-state index contributed by atoms with van der Waals surface area (Å²) in [6, 6.07) is 9.51. The highest BCUT2D eigenvalue weighted by molar-refractivity contribution is 5.94. The molecular formula is C21H21F3N2O2. The van der Waals surface area contributed by atoms with E-state index >= 15 is 0 Å². The van der Waals surface area contributed by atoms with Gasteiger partial charge in [0.05, 0.1) is 0 Å². The van der Waals surface area contributed by atoms with E-state index in [1.165, 1.54) is 17.0 Å². The van der Waals surface area contributed by atoms with Crippen LogP contribution in [0, 0.1) is 23.4 Å². The number of benzene rings is 2. The average molecular weight is 390 g/mol. The highest BCUT2D eigenvalue weighted by atomic mass is 19.2. The normalized spacial score (nSPS) is 14.8. The summed E-state index contributed by atoms with van der Waals surface area (Å²) in [5.74, 6) is -3.07. The number of hydrogen-bond acceptors (Lipinski definition) is 2. The van der Waals surface area contributed by atoms with Gasteiger partial charge in [-0.2, -0.15) is 0 Å². The first-order valence-corrected chi connectivity index (χ1v) is 9.21. The van der Waals surface area contributed by atoms with Gasteiger partial charge in [0.15, 0.2) is 11.6 Å². The maximum absolute atomic E-state index is 13.6. The van der Waals surface area contributed by atoms with Crippen LogP contribution in [0.2, 0.25) is 0 Å². The number of carbonyl (C=O) groups is 2. The molecular weight excluding hydrogens is 369 g/mol. The molecule has 148 valence electrons. The molecule has 0 spiro atoms. The van der Waals surface area contributed by atoms with Crippen LogP contribution in [0.3, 0.4) is 0 Å². The molecule has 0 aromatic heterocycles. The van der Waals surface area contributed by atoms with E-state index in [4.69, 9.17) is 0 Å². The minimum Gasteiger partial charge on any atom is -0.356 e. The van der Waals surface area contributed by atoms with Crippen LogP contribution in [0.4, 0.5) is 13.2 Å². The molecule has 0 aliphatic carbocycles. The van der Waals surface area contributed by atoms with E-state index in [2.05, 4.69) is 5.32 Å². The molecule has 2 aromatic carbocycles. The van der Waals surface area contributed by atoms with Crippen molar-refractivity contribution in [2.45, 2.75) is 19.3 Å². The standard InChI is InChI=1S/C21H21F3N2O2/c22-17-4-2-1-3-14(17)7-10-25-20(27)15-8-11-26(12-9-15)21(28)16-5-6-18(23)19(24)13-16/h1-6,13,15H,7-12H2,(H,25,27). The first-order chi connectivity index (χ1) is 13.5. The van der Waals surface area contributed by atoms with Crippen molar-refractivity contribution in [3.63, 3.8) is 0 Å². The summed E-state index contributed by atoms with van der Waals surface area (Å²) in [5, 5.41) is 2.82. The van der Waals surface area contributed by atoms with E-state index in [1.54, 1.807) is 18.2 Å². The fraction of sp³-hybridized carbons (Fsp3) is 0.333. The lowest BCUT2D eigenvalue weighted by atomic mass is 9.95. The number of carbonyl (C=O) groups excluding carboxylic acids is 2. The summed E-state index contributed by atoms with van der Waals surface area (Å²) < 4.78 is 39.9. The van der Waals surface area contributed by atoms with Crippen molar-refractivity contribution in [1.29, 1.82) is 0 Å². The Morgan fingerprint density at radius 2 is 1.68 bits per heavy atom. The van der Waals surface area contributed by atoms with Gasteiger partial charge in [0.25, 0.3) is 5.91 Å². The first-order valence-electron chi connectivity index (χ1n) is 9.21. The third-order valence-electron chi connectivity index (χ3n) is 4.97. The van der Waals surface area contributed by atoms with Gasteiger partial charge in [-0.1, -0.05) is 18.2 Å². The molecule has 1 aliphatic heterocycles. The first kappa shape index (κ1) is 19.9. The molecule has 0 atom stereocenters. The quantitative estimate of drug-likeness (QED) is 0.852. The third-order valence-corrected chi connectivity index (χ3v) is 4.97. The number of piperidine rings is 1. The molecule has 0 saturated carbocycles. The summed E-state index contributed by atoms with van der Waals surface area (Å²) in [6.45, 7) is 1.07. The molecule has 2 amide bonds. The third kappa shape index (κ3) is 4.71. The number of nitrogens with zero attached hydrogens (tertiary/aromatic N) is 1. The smallest absolute Gasteiger partial charge is 0.253 e. The van der Waals surface area contributed by atoms with Gasteiger partial charge < -0.3 is 10.2 Å². The highest BCUT2D eigenvalue weighted by Gasteiger charge is 2.28. The van der Waals surface area contributed by atoms with Crippen LogP contribution < -0.4 is 5.32 Å². The van der Waals surface area contributed by atoms with Crippen molar-refractivity contribution in [3.05, 3.63) is 71.0 Å². The van der Waals surface area contributed by atoms with Gasteiger partial charge in [-0.3, -0.25) is 9.59 Å². The molecule has 0 unspecified atom stereocenters. The minimum absolute atomic E-state index is 0.0895. The summed E-state index contributed by atoms with van der Waals surface area (Å²) in [4.78, 5) is 26.2. The van der Waals surface area contributed by atoms with Crippen molar-refractivity contribution < 1.29 is 22.8 Å². The number of likely N-dealkylation sites (tertiary alicyclic amines) is 1. The number of nitrogens with one attached hydrogen (secondary N) is 1. The van der Waals surface area contributed by atoms with Gasteiger partial charge in [-0.05, 0) is 49.1 Å². The Balaban J connectivity index is 1.46. The molecule has 0 radical (unpaired) electrons. The van der Waals surface area contributed by atoms with Crippen molar-refractivity contribution in [2.24, 2.45) is 5.92 Å². The molecule has 1 heterocycles. The van der Waals surface area contributed by atoms with Gasteiger partial charge in [0.2, 0.25) is 5.91 Å². The van der Waals surface area contributed by atoms with Crippen LogP contribution in [0.5, 0.6) is 0 Å². The SMILES string of the molecule is O=C(NCCc1ccccc1F)C1CCN(C(=O)c2ccc(F)c(F)c2)CC1. The van der Waals surface area contributed by atoms with Gasteiger partial charge >= 0.3 is 0 Å². The van der Waals surface area contributed by atoms with Gasteiger partial charge in [-0.25, -0.2) is 13.2 Å². The van der Waals surface area contributed by atoms with Crippen LogP contribution >= 0.6 is 0 Å². The predicted octanol–water partition coefficient (Wildman–Crippen LogP) is 3.32. The second-order valence-electron chi connectivity index (χ2n) is 6.83. The van der Waals surface area contributed by atoms with Gasteiger partial charge in [0.1, 0.15) is 5.82 Å². The largest absolute Gasteiger partial charge is 0.356 e. The molecule has 1 N–H and O–H groups in total. The Kier molecular flexibility index (Phi) is 6.34. The summed E-state index contributed by atoms with van der Waals surface area (Å²) in [5.41, 5.74) is 0.640. The number of rotatable bonds is 5. The summed E-state index contributed by atoms with van der Waals surface area (Å²) in [7, 11) is 0. The van der Waals surface area contributed by atoms with E-state index in [-0.39, 0.29) is 29.1 Å². The van der Waals surface area contributed by atoms with Crippen LogP contribution in [0.15, 0.2) is 42.5 Å². The molecule has 4 nitrogen and oxygen atoms in total.